The summed E-state index contributed by atoms with van der Waals surface area (Å²) in [6.45, 7) is 6.92. The highest BCUT2D eigenvalue weighted by Crippen LogP contribution is 2.17. The van der Waals surface area contributed by atoms with Crippen molar-refractivity contribution in [3.8, 4) is 0 Å². The van der Waals surface area contributed by atoms with E-state index in [0.717, 1.165) is 24.9 Å². The average molecular weight is 172 g/mol. The van der Waals surface area contributed by atoms with Crippen LogP contribution in [0.5, 0.6) is 0 Å². The second kappa shape index (κ2) is 7.56. The summed E-state index contributed by atoms with van der Waals surface area (Å²) in [5, 5.41) is 6.42. The van der Waals surface area contributed by atoms with Gasteiger partial charge in [0.25, 0.3) is 0 Å². The molecule has 0 fully saturated rings. The van der Waals surface area contributed by atoms with Gasteiger partial charge < -0.3 is 10.6 Å². The van der Waals surface area contributed by atoms with E-state index in [-0.39, 0.29) is 0 Å². The molecule has 0 heterocycles. The lowest BCUT2D eigenvalue weighted by molar-refractivity contribution is 0.332. The van der Waals surface area contributed by atoms with Gasteiger partial charge in [-0.25, -0.2) is 0 Å². The predicted molar refractivity (Wildman–Crippen MR) is 55.4 cm³/mol. The van der Waals surface area contributed by atoms with Crippen molar-refractivity contribution in [1.29, 1.82) is 0 Å². The minimum atomic E-state index is 0.812. The van der Waals surface area contributed by atoms with Crippen LogP contribution in [0.2, 0.25) is 0 Å². The van der Waals surface area contributed by atoms with Crippen molar-refractivity contribution in [2.75, 3.05) is 27.2 Å². The van der Waals surface area contributed by atoms with Crippen molar-refractivity contribution < 1.29 is 0 Å². The van der Waals surface area contributed by atoms with E-state index in [4.69, 9.17) is 0 Å². The Bertz CT molecular complexity index is 83.8. The van der Waals surface area contributed by atoms with Crippen molar-refractivity contribution in [3.05, 3.63) is 0 Å². The van der Waals surface area contributed by atoms with Gasteiger partial charge in [0.15, 0.2) is 0 Å². The Morgan fingerprint density at radius 3 is 1.58 bits per heavy atom. The van der Waals surface area contributed by atoms with E-state index in [0.29, 0.717) is 0 Å². The molecule has 0 unspecified atom stereocenters. The largest absolute Gasteiger partial charge is 0.320 e. The lowest BCUT2D eigenvalue weighted by Crippen LogP contribution is -2.21. The van der Waals surface area contributed by atoms with Crippen molar-refractivity contribution >= 4 is 0 Å². The molecule has 74 valence electrons. The molecule has 0 saturated carbocycles. The van der Waals surface area contributed by atoms with E-state index in [1.54, 1.807) is 0 Å². The fraction of sp³-hybridized carbons (Fsp3) is 1.00. The minimum Gasteiger partial charge on any atom is -0.320 e. The maximum atomic E-state index is 3.21. The van der Waals surface area contributed by atoms with E-state index in [9.17, 15) is 0 Å². The Hall–Kier alpha value is -0.0800. The molecular formula is C10H24N2. The molecule has 0 atom stereocenters. The van der Waals surface area contributed by atoms with Crippen LogP contribution in [0.25, 0.3) is 0 Å². The Labute approximate surface area is 77.1 Å². The van der Waals surface area contributed by atoms with E-state index in [2.05, 4.69) is 24.5 Å². The van der Waals surface area contributed by atoms with E-state index in [1.165, 1.54) is 12.8 Å². The molecule has 0 aliphatic carbocycles. The van der Waals surface area contributed by atoms with Crippen molar-refractivity contribution in [2.24, 2.45) is 11.8 Å². The Balaban J connectivity index is 3.55. The Morgan fingerprint density at radius 2 is 1.33 bits per heavy atom. The Morgan fingerprint density at radius 1 is 0.917 bits per heavy atom. The van der Waals surface area contributed by atoms with Crippen LogP contribution in [0, 0.1) is 11.8 Å². The molecular weight excluding hydrogens is 148 g/mol. The highest BCUT2D eigenvalue weighted by molar-refractivity contribution is 4.65. The van der Waals surface area contributed by atoms with Crippen LogP contribution in [-0.2, 0) is 0 Å². The lowest BCUT2D eigenvalue weighted by Gasteiger charge is -2.20. The van der Waals surface area contributed by atoms with Crippen LogP contribution in [0.3, 0.4) is 0 Å². The van der Waals surface area contributed by atoms with Gasteiger partial charge in [0.1, 0.15) is 0 Å². The van der Waals surface area contributed by atoms with Gasteiger partial charge in [-0.05, 0) is 51.9 Å². The fourth-order valence-corrected chi connectivity index (χ4v) is 1.47. The first-order chi connectivity index (χ1) is 5.72. The summed E-state index contributed by atoms with van der Waals surface area (Å²) in [4.78, 5) is 0. The molecule has 0 aromatic rings. The molecule has 2 heteroatoms. The zero-order valence-corrected chi connectivity index (χ0v) is 8.98. The first-order valence-corrected chi connectivity index (χ1v) is 5.01. The van der Waals surface area contributed by atoms with Crippen LogP contribution < -0.4 is 10.6 Å². The highest BCUT2D eigenvalue weighted by atomic mass is 14.8. The predicted octanol–water partition coefficient (Wildman–Crippen LogP) is 1.48. The standard InChI is InChI=1S/C10H24N2/c1-9(2)10(5-7-11-3)6-8-12-4/h9-12H,5-8H2,1-4H3. The minimum absolute atomic E-state index is 0.812. The van der Waals surface area contributed by atoms with Crippen LogP contribution in [0.15, 0.2) is 0 Å². The van der Waals surface area contributed by atoms with Gasteiger partial charge in [-0.15, -0.1) is 0 Å². The van der Waals surface area contributed by atoms with E-state index >= 15 is 0 Å². The summed E-state index contributed by atoms with van der Waals surface area (Å²) in [7, 11) is 4.05. The van der Waals surface area contributed by atoms with Gasteiger partial charge in [-0.2, -0.15) is 0 Å². The Kier molecular flexibility index (Phi) is 7.51. The third kappa shape index (κ3) is 5.56. The van der Waals surface area contributed by atoms with Gasteiger partial charge in [0, 0.05) is 0 Å². The smallest absolute Gasteiger partial charge is 0.00492 e. The molecule has 0 radical (unpaired) electrons. The summed E-state index contributed by atoms with van der Waals surface area (Å²) in [5.41, 5.74) is 0. The first-order valence-electron chi connectivity index (χ1n) is 5.01. The summed E-state index contributed by atoms with van der Waals surface area (Å²) in [5.74, 6) is 1.68. The van der Waals surface area contributed by atoms with Crippen LogP contribution in [-0.4, -0.2) is 27.2 Å². The molecule has 0 saturated heterocycles. The summed E-state index contributed by atoms with van der Waals surface area (Å²) < 4.78 is 0. The van der Waals surface area contributed by atoms with Crippen molar-refractivity contribution in [2.45, 2.75) is 26.7 Å². The third-order valence-electron chi connectivity index (χ3n) is 2.47. The molecule has 12 heavy (non-hydrogen) atoms. The molecule has 2 nitrogen and oxygen atoms in total. The van der Waals surface area contributed by atoms with Crippen LogP contribution in [0.4, 0.5) is 0 Å². The fourth-order valence-electron chi connectivity index (χ4n) is 1.47. The lowest BCUT2D eigenvalue weighted by atomic mass is 9.89. The molecule has 0 amide bonds. The zero-order valence-electron chi connectivity index (χ0n) is 8.98. The second-order valence-electron chi connectivity index (χ2n) is 3.79. The van der Waals surface area contributed by atoms with Gasteiger partial charge in [0.2, 0.25) is 0 Å². The summed E-state index contributed by atoms with van der Waals surface area (Å²) >= 11 is 0. The maximum Gasteiger partial charge on any atom is -0.00492 e. The number of rotatable bonds is 7. The van der Waals surface area contributed by atoms with Crippen molar-refractivity contribution in [3.63, 3.8) is 0 Å². The highest BCUT2D eigenvalue weighted by Gasteiger charge is 2.11. The molecule has 0 aliphatic heterocycles. The molecule has 2 N–H and O–H groups in total. The van der Waals surface area contributed by atoms with Gasteiger partial charge in [0.05, 0.1) is 0 Å². The average Bonchev–Trinajstić information content (AvgIpc) is 2.04. The first kappa shape index (κ1) is 11.9. The molecule has 0 aliphatic rings. The topological polar surface area (TPSA) is 24.1 Å². The maximum absolute atomic E-state index is 3.21. The van der Waals surface area contributed by atoms with Crippen LogP contribution >= 0.6 is 0 Å². The molecule has 0 spiro atoms. The van der Waals surface area contributed by atoms with E-state index in [1.807, 2.05) is 14.1 Å². The number of nitrogens with one attached hydrogen (secondary N) is 2. The number of hydrogen-bond donors (Lipinski definition) is 2. The third-order valence-corrected chi connectivity index (χ3v) is 2.47. The number of hydrogen-bond acceptors (Lipinski definition) is 2. The van der Waals surface area contributed by atoms with Gasteiger partial charge in [-0.1, -0.05) is 13.8 Å². The van der Waals surface area contributed by atoms with E-state index < -0.39 is 0 Å². The molecule has 0 aromatic carbocycles. The quantitative estimate of drug-likeness (QED) is 0.608. The monoisotopic (exact) mass is 172 g/mol. The summed E-state index contributed by atoms with van der Waals surface area (Å²) in [6, 6.07) is 0. The van der Waals surface area contributed by atoms with Crippen molar-refractivity contribution in [1.82, 2.24) is 10.6 Å². The molecule has 0 bridgehead atoms. The van der Waals surface area contributed by atoms with Gasteiger partial charge >= 0.3 is 0 Å². The normalized spacial score (nSPS) is 11.5. The molecule has 0 aromatic heterocycles. The second-order valence-corrected chi connectivity index (χ2v) is 3.79. The SMILES string of the molecule is CNCCC(CCNC)C(C)C. The van der Waals surface area contributed by atoms with Gasteiger partial charge in [-0.3, -0.25) is 0 Å². The van der Waals surface area contributed by atoms with Crippen LogP contribution in [0.1, 0.15) is 26.7 Å². The summed E-state index contributed by atoms with van der Waals surface area (Å²) in [6.07, 6.45) is 2.60. The zero-order chi connectivity index (χ0) is 9.40. The molecule has 0 rings (SSSR count).